The summed E-state index contributed by atoms with van der Waals surface area (Å²) < 4.78 is 0. The second-order valence-electron chi connectivity index (χ2n) is 6.14. The van der Waals surface area contributed by atoms with Gasteiger partial charge in [-0.25, -0.2) is 0 Å². The van der Waals surface area contributed by atoms with Crippen molar-refractivity contribution in [2.24, 2.45) is 5.92 Å². The minimum atomic E-state index is 0.187. The molecule has 1 aromatic carbocycles. The lowest BCUT2D eigenvalue weighted by molar-refractivity contribution is -0.122. The Balaban J connectivity index is 1.58. The van der Waals surface area contributed by atoms with Gasteiger partial charge in [0.05, 0.1) is 0 Å². The smallest absolute Gasteiger partial charge is 0.221 e. The van der Waals surface area contributed by atoms with Crippen LogP contribution in [-0.2, 0) is 4.79 Å². The van der Waals surface area contributed by atoms with E-state index >= 15 is 0 Å². The van der Waals surface area contributed by atoms with Gasteiger partial charge in [-0.15, -0.1) is 0 Å². The number of nitrogens with one attached hydrogen (secondary N) is 2. The zero-order valence-corrected chi connectivity index (χ0v) is 12.6. The third-order valence-electron chi connectivity index (χ3n) is 4.52. The molecule has 0 unspecified atom stereocenters. The van der Waals surface area contributed by atoms with Crippen LogP contribution in [0.2, 0.25) is 0 Å². The summed E-state index contributed by atoms with van der Waals surface area (Å²) in [6.45, 7) is 3.05. The van der Waals surface area contributed by atoms with Crippen LogP contribution in [0, 0.1) is 5.92 Å². The highest BCUT2D eigenvalue weighted by molar-refractivity contribution is 5.77. The lowest BCUT2D eigenvalue weighted by atomic mass is 10.0. The molecule has 2 N–H and O–H groups in total. The first kappa shape index (κ1) is 14.3. The number of hydrogen-bond donors (Lipinski definition) is 2. The van der Waals surface area contributed by atoms with E-state index < -0.39 is 0 Å². The number of hydrogen-bond acceptors (Lipinski definition) is 2. The lowest BCUT2D eigenvalue weighted by Crippen LogP contribution is -2.44. The minimum absolute atomic E-state index is 0.187. The van der Waals surface area contributed by atoms with Crippen LogP contribution in [0.15, 0.2) is 35.9 Å². The summed E-state index contributed by atoms with van der Waals surface area (Å²) in [7, 11) is 0. The van der Waals surface area contributed by atoms with Gasteiger partial charge in [0.1, 0.15) is 0 Å². The monoisotopic (exact) mass is 284 g/mol. The zero-order valence-electron chi connectivity index (χ0n) is 12.6. The number of amides is 1. The molecule has 1 aliphatic heterocycles. The third-order valence-corrected chi connectivity index (χ3v) is 4.52. The first-order valence-electron chi connectivity index (χ1n) is 8.04. The standard InChI is InChI=1S/C18H24N2O/c1-2-14(10-13-6-4-3-5-7-13)16-12-17(16)20-15-8-9-19-18(21)11-15/h3-7,10,15-17,20H,2,8-9,11-12H2,1H3,(H,19,21)/b14-10+/t15-,16+,17-/m1/s1. The van der Waals surface area contributed by atoms with Gasteiger partial charge < -0.3 is 10.6 Å². The molecule has 1 heterocycles. The number of rotatable bonds is 5. The van der Waals surface area contributed by atoms with Crippen LogP contribution in [0.1, 0.15) is 38.2 Å². The van der Waals surface area contributed by atoms with Gasteiger partial charge in [0.2, 0.25) is 5.91 Å². The highest BCUT2D eigenvalue weighted by Crippen LogP contribution is 2.40. The van der Waals surface area contributed by atoms with Crippen LogP contribution in [0.4, 0.5) is 0 Å². The number of benzene rings is 1. The number of piperidine rings is 1. The van der Waals surface area contributed by atoms with Gasteiger partial charge in [0.15, 0.2) is 0 Å². The molecule has 0 bridgehead atoms. The van der Waals surface area contributed by atoms with E-state index in [1.807, 2.05) is 0 Å². The molecule has 1 amide bonds. The maximum absolute atomic E-state index is 11.4. The Bertz CT molecular complexity index is 523. The van der Waals surface area contributed by atoms with Crippen LogP contribution < -0.4 is 10.6 Å². The maximum Gasteiger partial charge on any atom is 0.221 e. The fourth-order valence-electron chi connectivity index (χ4n) is 3.25. The Morgan fingerprint density at radius 1 is 1.38 bits per heavy atom. The van der Waals surface area contributed by atoms with Gasteiger partial charge in [-0.05, 0) is 30.7 Å². The van der Waals surface area contributed by atoms with Crippen molar-refractivity contribution in [2.75, 3.05) is 6.54 Å². The quantitative estimate of drug-likeness (QED) is 0.873. The summed E-state index contributed by atoms with van der Waals surface area (Å²) in [5.74, 6) is 0.840. The molecular formula is C18H24N2O. The fraction of sp³-hybridized carbons (Fsp3) is 0.500. The highest BCUT2D eigenvalue weighted by atomic mass is 16.1. The molecule has 0 radical (unpaired) electrons. The van der Waals surface area contributed by atoms with E-state index in [-0.39, 0.29) is 5.91 Å². The molecule has 21 heavy (non-hydrogen) atoms. The van der Waals surface area contributed by atoms with Crippen LogP contribution in [0.3, 0.4) is 0 Å². The summed E-state index contributed by atoms with van der Waals surface area (Å²) in [6.07, 6.45) is 6.33. The first-order valence-corrected chi connectivity index (χ1v) is 8.04. The van der Waals surface area contributed by atoms with Gasteiger partial charge in [0, 0.05) is 25.0 Å². The highest BCUT2D eigenvalue weighted by Gasteiger charge is 2.40. The van der Waals surface area contributed by atoms with Crippen molar-refractivity contribution in [3.05, 3.63) is 41.5 Å². The van der Waals surface area contributed by atoms with E-state index in [0.29, 0.717) is 24.4 Å². The molecule has 3 heteroatoms. The molecule has 112 valence electrons. The summed E-state index contributed by atoms with van der Waals surface area (Å²) in [6, 6.07) is 11.5. The van der Waals surface area contributed by atoms with E-state index in [2.05, 4.69) is 54.0 Å². The minimum Gasteiger partial charge on any atom is -0.356 e. The molecular weight excluding hydrogens is 260 g/mol. The van der Waals surface area contributed by atoms with Gasteiger partial charge >= 0.3 is 0 Å². The summed E-state index contributed by atoms with van der Waals surface area (Å²) in [5.41, 5.74) is 2.82. The molecule has 0 spiro atoms. The van der Waals surface area contributed by atoms with Crippen molar-refractivity contribution in [3.63, 3.8) is 0 Å². The molecule has 3 atom stereocenters. The van der Waals surface area contributed by atoms with Crippen molar-refractivity contribution in [1.82, 2.24) is 10.6 Å². The Labute approximate surface area is 126 Å². The topological polar surface area (TPSA) is 41.1 Å². The summed E-state index contributed by atoms with van der Waals surface area (Å²) in [4.78, 5) is 11.4. The van der Waals surface area contributed by atoms with Crippen molar-refractivity contribution < 1.29 is 4.79 Å². The van der Waals surface area contributed by atoms with E-state index in [4.69, 9.17) is 0 Å². The Hall–Kier alpha value is -1.61. The molecule has 1 aromatic rings. The predicted molar refractivity (Wildman–Crippen MR) is 85.8 cm³/mol. The van der Waals surface area contributed by atoms with Gasteiger partial charge in [-0.2, -0.15) is 0 Å². The van der Waals surface area contributed by atoms with E-state index in [0.717, 1.165) is 19.4 Å². The average Bonchev–Trinajstić information content (AvgIpc) is 3.25. The summed E-state index contributed by atoms with van der Waals surface area (Å²) >= 11 is 0. The Kier molecular flexibility index (Phi) is 4.39. The van der Waals surface area contributed by atoms with Gasteiger partial charge in [0.25, 0.3) is 0 Å². The van der Waals surface area contributed by atoms with Crippen molar-refractivity contribution in [2.45, 2.75) is 44.7 Å². The molecule has 2 fully saturated rings. The molecule has 3 nitrogen and oxygen atoms in total. The summed E-state index contributed by atoms with van der Waals surface area (Å²) in [5, 5.41) is 6.57. The fourth-order valence-corrected chi connectivity index (χ4v) is 3.25. The van der Waals surface area contributed by atoms with Gasteiger partial charge in [-0.1, -0.05) is 48.9 Å². The van der Waals surface area contributed by atoms with Crippen LogP contribution in [-0.4, -0.2) is 24.5 Å². The van der Waals surface area contributed by atoms with E-state index in [1.165, 1.54) is 17.6 Å². The third kappa shape index (κ3) is 3.73. The number of carbonyl (C=O) groups is 1. The van der Waals surface area contributed by atoms with E-state index in [9.17, 15) is 4.79 Å². The normalized spacial score (nSPS) is 29.1. The maximum atomic E-state index is 11.4. The average molecular weight is 284 g/mol. The zero-order chi connectivity index (χ0) is 14.7. The van der Waals surface area contributed by atoms with Crippen LogP contribution in [0.5, 0.6) is 0 Å². The van der Waals surface area contributed by atoms with Crippen molar-refractivity contribution >= 4 is 12.0 Å². The molecule has 1 saturated heterocycles. The second-order valence-corrected chi connectivity index (χ2v) is 6.14. The molecule has 2 aliphatic rings. The predicted octanol–water partition coefficient (Wildman–Crippen LogP) is 2.74. The molecule has 1 aliphatic carbocycles. The first-order chi connectivity index (χ1) is 10.3. The van der Waals surface area contributed by atoms with Crippen molar-refractivity contribution in [1.29, 1.82) is 0 Å². The van der Waals surface area contributed by atoms with Crippen molar-refractivity contribution in [3.8, 4) is 0 Å². The number of carbonyl (C=O) groups excluding carboxylic acids is 1. The van der Waals surface area contributed by atoms with Gasteiger partial charge in [-0.3, -0.25) is 4.79 Å². The SMILES string of the molecule is CC/C(=C\c1ccccc1)[C@@H]1C[C@H]1N[C@@H]1CCNC(=O)C1. The lowest BCUT2D eigenvalue weighted by Gasteiger charge is -2.23. The molecule has 1 saturated carbocycles. The Morgan fingerprint density at radius 3 is 2.90 bits per heavy atom. The molecule has 0 aromatic heterocycles. The van der Waals surface area contributed by atoms with E-state index in [1.54, 1.807) is 0 Å². The second kappa shape index (κ2) is 6.44. The Morgan fingerprint density at radius 2 is 2.19 bits per heavy atom. The molecule has 3 rings (SSSR count). The van der Waals surface area contributed by atoms with Crippen LogP contribution >= 0.6 is 0 Å². The van der Waals surface area contributed by atoms with Crippen LogP contribution in [0.25, 0.3) is 6.08 Å². The largest absolute Gasteiger partial charge is 0.356 e.